The lowest BCUT2D eigenvalue weighted by Crippen LogP contribution is -2.36. The first-order valence-electron chi connectivity index (χ1n) is 10.8. The van der Waals surface area contributed by atoms with Gasteiger partial charge in [0.15, 0.2) is 6.29 Å². The maximum Gasteiger partial charge on any atom is 0.291 e. The van der Waals surface area contributed by atoms with E-state index in [-0.39, 0.29) is 27.9 Å². The van der Waals surface area contributed by atoms with Crippen LogP contribution in [-0.4, -0.2) is 32.4 Å². The number of rotatable bonds is 9. The normalized spacial score (nSPS) is 14.0. The molecule has 1 heterocycles. The van der Waals surface area contributed by atoms with Crippen LogP contribution in [0.4, 0.5) is 14.5 Å². The largest absolute Gasteiger partial charge is 0.487 e. The minimum Gasteiger partial charge on any atom is -0.487 e. The van der Waals surface area contributed by atoms with Gasteiger partial charge in [-0.2, -0.15) is 8.42 Å². The van der Waals surface area contributed by atoms with Crippen molar-refractivity contribution in [2.45, 2.75) is 50.2 Å². The van der Waals surface area contributed by atoms with E-state index in [1.165, 1.54) is 19.1 Å². The van der Waals surface area contributed by atoms with Gasteiger partial charge in [0, 0.05) is 11.1 Å². The van der Waals surface area contributed by atoms with Gasteiger partial charge < -0.3 is 4.74 Å². The molecule has 0 N–H and O–H groups in total. The molecule has 4 rings (SSSR count). The van der Waals surface area contributed by atoms with Crippen molar-refractivity contribution in [3.63, 3.8) is 0 Å². The van der Waals surface area contributed by atoms with Crippen molar-refractivity contribution in [2.75, 3.05) is 10.8 Å². The average Bonchev–Trinajstić information content (AvgIpc) is 3.44. The van der Waals surface area contributed by atoms with Crippen molar-refractivity contribution in [1.82, 2.24) is 4.98 Å². The summed E-state index contributed by atoms with van der Waals surface area (Å²) in [6, 6.07) is 7.65. The van der Waals surface area contributed by atoms with Crippen LogP contribution >= 0.6 is 11.3 Å². The van der Waals surface area contributed by atoms with Crippen LogP contribution in [0.2, 0.25) is 0 Å². The van der Waals surface area contributed by atoms with Gasteiger partial charge in [-0.3, -0.25) is 9.10 Å². The highest BCUT2D eigenvalue weighted by atomic mass is 32.2. The summed E-state index contributed by atoms with van der Waals surface area (Å²) in [6.45, 7) is 2.52. The van der Waals surface area contributed by atoms with Crippen molar-refractivity contribution < 1.29 is 26.7 Å². The summed E-state index contributed by atoms with van der Waals surface area (Å²) in [6.07, 6.45) is 1.53. The molecule has 0 aliphatic heterocycles. The number of thiazole rings is 1. The van der Waals surface area contributed by atoms with Crippen LogP contribution in [0.5, 0.6) is 5.75 Å². The van der Waals surface area contributed by atoms with Gasteiger partial charge in [0.2, 0.25) is 4.34 Å². The van der Waals surface area contributed by atoms with Crippen LogP contribution in [0.1, 0.15) is 46.1 Å². The summed E-state index contributed by atoms with van der Waals surface area (Å²) in [5.74, 6) is -0.405. The number of benzene rings is 2. The van der Waals surface area contributed by atoms with Crippen LogP contribution in [0.3, 0.4) is 0 Å². The Morgan fingerprint density at radius 2 is 1.97 bits per heavy atom. The molecule has 10 heteroatoms. The van der Waals surface area contributed by atoms with Crippen LogP contribution in [0, 0.1) is 12.7 Å². The van der Waals surface area contributed by atoms with Crippen LogP contribution < -0.4 is 9.04 Å². The minimum atomic E-state index is -4.15. The van der Waals surface area contributed by atoms with Gasteiger partial charge in [-0.25, -0.2) is 13.8 Å². The maximum atomic E-state index is 14.2. The van der Waals surface area contributed by atoms with E-state index in [9.17, 15) is 22.0 Å². The van der Waals surface area contributed by atoms with Gasteiger partial charge in [0.05, 0.1) is 17.8 Å². The number of alkyl halides is 1. The number of carbonyl (C=O) groups is 1. The van der Waals surface area contributed by atoms with Gasteiger partial charge in [-0.1, -0.05) is 6.07 Å². The summed E-state index contributed by atoms with van der Waals surface area (Å²) in [4.78, 5) is 15.0. The molecule has 0 bridgehead atoms. The Hall–Kier alpha value is -2.85. The second kappa shape index (κ2) is 9.79. The van der Waals surface area contributed by atoms with Crippen molar-refractivity contribution in [3.05, 3.63) is 69.5 Å². The third kappa shape index (κ3) is 4.97. The second-order valence-electron chi connectivity index (χ2n) is 8.28. The first-order valence-corrected chi connectivity index (χ1v) is 13.1. The molecular weight excluding hydrogens is 482 g/mol. The molecule has 0 spiro atoms. The molecule has 0 radical (unpaired) electrons. The Bertz CT molecular complexity index is 1320. The third-order valence-corrected chi connectivity index (χ3v) is 8.69. The van der Waals surface area contributed by atoms with Crippen molar-refractivity contribution in [1.29, 1.82) is 0 Å². The first-order chi connectivity index (χ1) is 16.2. The highest BCUT2D eigenvalue weighted by molar-refractivity contribution is 7.94. The minimum absolute atomic E-state index is 0.0583. The number of anilines is 1. The molecule has 0 saturated carbocycles. The molecule has 1 aliphatic rings. The summed E-state index contributed by atoms with van der Waals surface area (Å²) < 4.78 is 62.1. The number of aryl methyl sites for hydroxylation is 3. The van der Waals surface area contributed by atoms with Crippen LogP contribution in [0.25, 0.3) is 0 Å². The summed E-state index contributed by atoms with van der Waals surface area (Å²) >= 11 is 0.979. The standard InChI is InChI=1S/C24H24F2N2O4S2/c1-15(25)11-28(34(30,31)24-27-16(2)14-33-24)22-9-18-4-3-5-19(18)10-23(22)32-13-17-6-7-20(12-29)21(26)8-17/h6-10,12,14-15H,3-5,11,13H2,1-2H3. The smallest absolute Gasteiger partial charge is 0.291 e. The number of hydrogen-bond acceptors (Lipinski definition) is 6. The highest BCUT2D eigenvalue weighted by Crippen LogP contribution is 2.39. The van der Waals surface area contributed by atoms with Gasteiger partial charge >= 0.3 is 0 Å². The monoisotopic (exact) mass is 506 g/mol. The molecule has 1 aromatic heterocycles. The van der Waals surface area contributed by atoms with Crippen LogP contribution in [-0.2, 0) is 29.5 Å². The molecule has 6 nitrogen and oxygen atoms in total. The van der Waals surface area contributed by atoms with E-state index in [1.807, 2.05) is 0 Å². The number of aldehydes is 1. The summed E-state index contributed by atoms with van der Waals surface area (Å²) in [7, 11) is -4.15. The molecule has 1 atom stereocenters. The maximum absolute atomic E-state index is 14.2. The molecule has 0 fully saturated rings. The topological polar surface area (TPSA) is 76.6 Å². The van der Waals surface area contributed by atoms with E-state index < -0.39 is 28.6 Å². The highest BCUT2D eigenvalue weighted by Gasteiger charge is 2.32. The molecule has 3 aromatic rings. The Morgan fingerprint density at radius 1 is 1.24 bits per heavy atom. The van der Waals surface area contributed by atoms with Crippen molar-refractivity contribution in [2.24, 2.45) is 0 Å². The van der Waals surface area contributed by atoms with E-state index in [0.29, 0.717) is 17.5 Å². The predicted octanol–water partition coefficient (Wildman–Crippen LogP) is 5.02. The van der Waals surface area contributed by atoms with E-state index in [4.69, 9.17) is 4.74 Å². The van der Waals surface area contributed by atoms with E-state index >= 15 is 0 Å². The molecule has 0 amide bonds. The zero-order valence-corrected chi connectivity index (χ0v) is 20.4. The Labute approximate surface area is 201 Å². The quantitative estimate of drug-likeness (QED) is 0.381. The van der Waals surface area contributed by atoms with Gasteiger partial charge in [0.25, 0.3) is 10.0 Å². The van der Waals surface area contributed by atoms with Gasteiger partial charge in [-0.05, 0) is 74.1 Å². The number of fused-ring (bicyclic) bond motifs is 1. The molecule has 34 heavy (non-hydrogen) atoms. The van der Waals surface area contributed by atoms with E-state index in [1.54, 1.807) is 30.5 Å². The number of nitrogens with zero attached hydrogens (tertiary/aromatic N) is 2. The third-order valence-electron chi connectivity index (χ3n) is 5.55. The number of hydrogen-bond donors (Lipinski definition) is 0. The van der Waals surface area contributed by atoms with Crippen LogP contribution in [0.15, 0.2) is 40.1 Å². The van der Waals surface area contributed by atoms with Crippen molar-refractivity contribution >= 4 is 33.3 Å². The molecule has 180 valence electrons. The lowest BCUT2D eigenvalue weighted by molar-refractivity contribution is 0.111. The number of halogens is 2. The fraction of sp³-hybridized carbons (Fsp3) is 0.333. The fourth-order valence-electron chi connectivity index (χ4n) is 3.92. The Balaban J connectivity index is 1.75. The Kier molecular flexibility index (Phi) is 6.99. The first kappa shape index (κ1) is 24.3. The zero-order valence-electron chi connectivity index (χ0n) is 18.8. The molecule has 0 saturated heterocycles. The second-order valence-corrected chi connectivity index (χ2v) is 11.2. The molecule has 1 unspecified atom stereocenters. The molecule has 2 aromatic carbocycles. The Morgan fingerprint density at radius 3 is 2.59 bits per heavy atom. The fourth-order valence-corrected chi connectivity index (χ4v) is 6.59. The van der Waals surface area contributed by atoms with Gasteiger partial charge in [0.1, 0.15) is 24.3 Å². The molecular formula is C24H24F2N2O4S2. The van der Waals surface area contributed by atoms with E-state index in [2.05, 4.69) is 4.98 Å². The SMILES string of the molecule is Cc1csc(S(=O)(=O)N(CC(C)F)c2cc3c(cc2OCc2ccc(C=O)c(F)c2)CCC3)n1. The average molecular weight is 507 g/mol. The predicted molar refractivity (Wildman–Crippen MR) is 127 cm³/mol. The lowest BCUT2D eigenvalue weighted by atomic mass is 10.1. The number of aromatic nitrogens is 1. The number of carbonyl (C=O) groups excluding carboxylic acids is 1. The van der Waals surface area contributed by atoms with E-state index in [0.717, 1.165) is 46.0 Å². The summed E-state index contributed by atoms with van der Waals surface area (Å²) in [5.41, 5.74) is 3.22. The number of sulfonamides is 1. The van der Waals surface area contributed by atoms with Crippen molar-refractivity contribution in [3.8, 4) is 5.75 Å². The summed E-state index contributed by atoms with van der Waals surface area (Å²) in [5, 5.41) is 1.63. The lowest BCUT2D eigenvalue weighted by Gasteiger charge is -2.27. The van der Waals surface area contributed by atoms with Gasteiger partial charge in [-0.15, -0.1) is 11.3 Å². The zero-order chi connectivity index (χ0) is 24.5. The number of ether oxygens (including phenoxy) is 1. The molecule has 1 aliphatic carbocycles.